The number of hydrogen-bond acceptors (Lipinski definition) is 3. The lowest BCUT2D eigenvalue weighted by Crippen LogP contribution is -2.31. The third-order valence-corrected chi connectivity index (χ3v) is 4.08. The lowest BCUT2D eigenvalue weighted by Gasteiger charge is -2.32. The van der Waals surface area contributed by atoms with Crippen molar-refractivity contribution >= 4 is 0 Å². The van der Waals surface area contributed by atoms with Gasteiger partial charge in [-0.05, 0) is 31.6 Å². The predicted octanol–water partition coefficient (Wildman–Crippen LogP) is 2.90. The van der Waals surface area contributed by atoms with Crippen LogP contribution in [0, 0.1) is 25.2 Å². The molecule has 1 aromatic rings. The fourth-order valence-electron chi connectivity index (χ4n) is 2.07. The first kappa shape index (κ1) is 15.0. The maximum atomic E-state index is 9.63. The summed E-state index contributed by atoms with van der Waals surface area (Å²) in [4.78, 5) is 4.51. The second kappa shape index (κ2) is 5.70. The molecule has 0 spiro atoms. The minimum Gasteiger partial charge on any atom is -0.496 e. The summed E-state index contributed by atoms with van der Waals surface area (Å²) in [5.74, 6) is 1.31. The SMILES string of the molecule is COc1c(C)cnc(CC(C)(CO)C(C)C)c1C. The van der Waals surface area contributed by atoms with E-state index in [1.54, 1.807) is 7.11 Å². The van der Waals surface area contributed by atoms with Crippen molar-refractivity contribution in [2.45, 2.75) is 41.0 Å². The Kier molecular flexibility index (Phi) is 4.74. The molecule has 1 unspecified atom stereocenters. The average Bonchev–Trinajstić information content (AvgIpc) is 2.33. The predicted molar refractivity (Wildman–Crippen MR) is 74.0 cm³/mol. The molecule has 0 saturated heterocycles. The smallest absolute Gasteiger partial charge is 0.128 e. The van der Waals surface area contributed by atoms with Crippen molar-refractivity contribution in [3.8, 4) is 5.75 Å². The second-order valence-corrected chi connectivity index (χ2v) is 5.69. The van der Waals surface area contributed by atoms with Gasteiger partial charge in [0.2, 0.25) is 0 Å². The number of aliphatic hydroxyl groups excluding tert-OH is 1. The Morgan fingerprint density at radius 3 is 2.44 bits per heavy atom. The first-order valence-electron chi connectivity index (χ1n) is 6.45. The van der Waals surface area contributed by atoms with Gasteiger partial charge in [-0.1, -0.05) is 20.8 Å². The number of hydrogen-bond donors (Lipinski definition) is 1. The van der Waals surface area contributed by atoms with Crippen LogP contribution in [0.3, 0.4) is 0 Å². The van der Waals surface area contributed by atoms with Crippen LogP contribution in [0.4, 0.5) is 0 Å². The van der Waals surface area contributed by atoms with Crippen LogP contribution < -0.4 is 4.74 Å². The van der Waals surface area contributed by atoms with E-state index in [0.29, 0.717) is 5.92 Å². The molecule has 0 aliphatic heterocycles. The number of ether oxygens (including phenoxy) is 1. The van der Waals surface area contributed by atoms with E-state index in [1.165, 1.54) is 0 Å². The van der Waals surface area contributed by atoms with Crippen molar-refractivity contribution < 1.29 is 9.84 Å². The van der Waals surface area contributed by atoms with Gasteiger partial charge in [0, 0.05) is 29.6 Å². The molecule has 1 N–H and O–H groups in total. The first-order chi connectivity index (χ1) is 8.35. The highest BCUT2D eigenvalue weighted by atomic mass is 16.5. The molecule has 0 aliphatic rings. The summed E-state index contributed by atoms with van der Waals surface area (Å²) in [5.41, 5.74) is 3.01. The maximum absolute atomic E-state index is 9.63. The molecular weight excluding hydrogens is 226 g/mol. The van der Waals surface area contributed by atoms with Crippen LogP contribution in [0.1, 0.15) is 37.6 Å². The summed E-state index contributed by atoms with van der Waals surface area (Å²) >= 11 is 0. The van der Waals surface area contributed by atoms with Crippen LogP contribution in [0.15, 0.2) is 6.20 Å². The standard InChI is InChI=1S/C15H25NO2/c1-10(2)15(5,9-17)7-13-12(4)14(18-6)11(3)8-16-13/h8,10,17H,7,9H2,1-6H3. The fourth-order valence-corrected chi connectivity index (χ4v) is 2.07. The van der Waals surface area contributed by atoms with Crippen molar-refractivity contribution in [3.63, 3.8) is 0 Å². The van der Waals surface area contributed by atoms with Gasteiger partial charge in [0.25, 0.3) is 0 Å². The fraction of sp³-hybridized carbons (Fsp3) is 0.667. The van der Waals surface area contributed by atoms with Gasteiger partial charge in [-0.3, -0.25) is 4.98 Å². The third kappa shape index (κ3) is 2.83. The molecular formula is C15H25NO2. The van der Waals surface area contributed by atoms with E-state index >= 15 is 0 Å². The molecule has 0 amide bonds. The molecule has 18 heavy (non-hydrogen) atoms. The number of aromatic nitrogens is 1. The monoisotopic (exact) mass is 251 g/mol. The van der Waals surface area contributed by atoms with Crippen LogP contribution in [0.5, 0.6) is 5.75 Å². The Hall–Kier alpha value is -1.09. The molecule has 0 bridgehead atoms. The molecule has 0 aliphatic carbocycles. The maximum Gasteiger partial charge on any atom is 0.128 e. The van der Waals surface area contributed by atoms with Crippen LogP contribution in [-0.2, 0) is 6.42 Å². The average molecular weight is 251 g/mol. The van der Waals surface area contributed by atoms with E-state index in [4.69, 9.17) is 4.74 Å². The van der Waals surface area contributed by atoms with Crippen molar-refractivity contribution in [1.82, 2.24) is 4.98 Å². The summed E-state index contributed by atoms with van der Waals surface area (Å²) in [5, 5.41) is 9.63. The zero-order valence-electron chi connectivity index (χ0n) is 12.4. The van der Waals surface area contributed by atoms with Crippen LogP contribution >= 0.6 is 0 Å². The molecule has 3 nitrogen and oxygen atoms in total. The zero-order valence-corrected chi connectivity index (χ0v) is 12.4. The number of pyridine rings is 1. The lowest BCUT2D eigenvalue weighted by atomic mass is 9.75. The molecule has 0 radical (unpaired) electrons. The van der Waals surface area contributed by atoms with Gasteiger partial charge < -0.3 is 9.84 Å². The lowest BCUT2D eigenvalue weighted by molar-refractivity contribution is 0.0935. The summed E-state index contributed by atoms with van der Waals surface area (Å²) < 4.78 is 5.42. The minimum absolute atomic E-state index is 0.141. The van der Waals surface area contributed by atoms with Crippen LogP contribution in [-0.4, -0.2) is 23.8 Å². The molecule has 0 fully saturated rings. The summed E-state index contributed by atoms with van der Waals surface area (Å²) in [6.45, 7) is 10.6. The van der Waals surface area contributed by atoms with Gasteiger partial charge in [0.1, 0.15) is 5.75 Å². The second-order valence-electron chi connectivity index (χ2n) is 5.69. The largest absolute Gasteiger partial charge is 0.496 e. The van der Waals surface area contributed by atoms with E-state index in [1.807, 2.05) is 20.0 Å². The number of nitrogens with zero attached hydrogens (tertiary/aromatic N) is 1. The van der Waals surface area contributed by atoms with Gasteiger partial charge in [-0.2, -0.15) is 0 Å². The molecule has 3 heteroatoms. The topological polar surface area (TPSA) is 42.4 Å². The van der Waals surface area contributed by atoms with Gasteiger partial charge >= 0.3 is 0 Å². The number of aliphatic hydroxyl groups is 1. The number of aryl methyl sites for hydroxylation is 1. The minimum atomic E-state index is -0.141. The Labute approximate surface area is 110 Å². The Morgan fingerprint density at radius 2 is 2.00 bits per heavy atom. The van der Waals surface area contributed by atoms with Crippen molar-refractivity contribution in [3.05, 3.63) is 23.0 Å². The Balaban J connectivity index is 3.12. The number of methoxy groups -OCH3 is 1. The summed E-state index contributed by atoms with van der Waals surface area (Å²) in [7, 11) is 1.69. The van der Waals surface area contributed by atoms with Crippen LogP contribution in [0.2, 0.25) is 0 Å². The van der Waals surface area contributed by atoms with Gasteiger partial charge in [0.15, 0.2) is 0 Å². The van der Waals surface area contributed by atoms with Gasteiger partial charge in [0.05, 0.1) is 7.11 Å². The first-order valence-corrected chi connectivity index (χ1v) is 6.45. The molecule has 102 valence electrons. The third-order valence-electron chi connectivity index (χ3n) is 4.08. The van der Waals surface area contributed by atoms with E-state index < -0.39 is 0 Å². The van der Waals surface area contributed by atoms with Crippen LogP contribution in [0.25, 0.3) is 0 Å². The molecule has 0 aromatic carbocycles. The van der Waals surface area contributed by atoms with E-state index in [9.17, 15) is 5.11 Å². The Morgan fingerprint density at radius 1 is 1.39 bits per heavy atom. The highest BCUT2D eigenvalue weighted by Gasteiger charge is 2.29. The van der Waals surface area contributed by atoms with Gasteiger partial charge in [-0.15, -0.1) is 0 Å². The van der Waals surface area contributed by atoms with E-state index in [0.717, 1.165) is 29.0 Å². The molecule has 1 rings (SSSR count). The molecule has 1 atom stereocenters. The van der Waals surface area contributed by atoms with E-state index in [2.05, 4.69) is 25.8 Å². The highest BCUT2D eigenvalue weighted by molar-refractivity contribution is 5.41. The van der Waals surface area contributed by atoms with Crippen molar-refractivity contribution in [2.75, 3.05) is 13.7 Å². The quantitative estimate of drug-likeness (QED) is 0.875. The summed E-state index contributed by atoms with van der Waals surface area (Å²) in [6, 6.07) is 0. The van der Waals surface area contributed by atoms with Crippen molar-refractivity contribution in [2.24, 2.45) is 11.3 Å². The molecule has 1 heterocycles. The summed E-state index contributed by atoms with van der Waals surface area (Å²) in [6.07, 6.45) is 2.61. The Bertz CT molecular complexity index is 415. The normalized spacial score (nSPS) is 14.7. The highest BCUT2D eigenvalue weighted by Crippen LogP contribution is 2.33. The van der Waals surface area contributed by atoms with E-state index in [-0.39, 0.29) is 12.0 Å². The number of rotatable bonds is 5. The van der Waals surface area contributed by atoms with Gasteiger partial charge in [-0.25, -0.2) is 0 Å². The van der Waals surface area contributed by atoms with Crippen molar-refractivity contribution in [1.29, 1.82) is 0 Å². The molecule has 0 saturated carbocycles. The molecule has 1 aromatic heterocycles. The zero-order chi connectivity index (χ0) is 13.9.